The second-order valence-electron chi connectivity index (χ2n) is 6.53. The van der Waals surface area contributed by atoms with Crippen molar-refractivity contribution in [3.8, 4) is 0 Å². The molecule has 2 heteroatoms. The fourth-order valence-electron chi connectivity index (χ4n) is 4.77. The van der Waals surface area contributed by atoms with Gasteiger partial charge in [0, 0.05) is 6.42 Å². The summed E-state index contributed by atoms with van der Waals surface area (Å²) >= 11 is 0. The standard InChI is InChI=1S/C13H22O2.CH4/c1-9(2)15-13-6-10-3-11(7-13)5-12(14,4-10)8-13;/h9-11,14H,3-8H2,1-2H3;1H4. The Balaban J connectivity index is 0.000000963. The Bertz CT molecular complexity index is 252. The molecule has 0 aromatic heterocycles. The average Bonchev–Trinajstić information content (AvgIpc) is 1.94. The molecule has 0 aliphatic heterocycles. The smallest absolute Gasteiger partial charge is 0.0718 e. The topological polar surface area (TPSA) is 29.5 Å². The van der Waals surface area contributed by atoms with Crippen molar-refractivity contribution in [2.75, 3.05) is 0 Å². The maximum Gasteiger partial charge on any atom is 0.0718 e. The number of ether oxygens (including phenoxy) is 1. The van der Waals surface area contributed by atoms with Crippen LogP contribution in [0.4, 0.5) is 0 Å². The largest absolute Gasteiger partial charge is 0.390 e. The summed E-state index contributed by atoms with van der Waals surface area (Å²) in [6.45, 7) is 4.23. The van der Waals surface area contributed by atoms with Crippen LogP contribution in [-0.2, 0) is 4.74 Å². The summed E-state index contributed by atoms with van der Waals surface area (Å²) in [6.07, 6.45) is 6.99. The Labute approximate surface area is 99.4 Å². The molecule has 2 atom stereocenters. The van der Waals surface area contributed by atoms with E-state index >= 15 is 0 Å². The van der Waals surface area contributed by atoms with E-state index in [1.54, 1.807) is 0 Å². The van der Waals surface area contributed by atoms with Gasteiger partial charge >= 0.3 is 0 Å². The van der Waals surface area contributed by atoms with Crippen LogP contribution in [0.1, 0.15) is 59.8 Å². The third-order valence-electron chi connectivity index (χ3n) is 4.46. The first-order valence-corrected chi connectivity index (χ1v) is 6.39. The molecule has 0 spiro atoms. The van der Waals surface area contributed by atoms with Crippen LogP contribution in [0, 0.1) is 11.8 Å². The fourth-order valence-corrected chi connectivity index (χ4v) is 4.77. The van der Waals surface area contributed by atoms with E-state index in [1.807, 2.05) is 0 Å². The molecule has 4 saturated carbocycles. The van der Waals surface area contributed by atoms with E-state index in [1.165, 1.54) is 19.3 Å². The SMILES string of the molecule is C.CC(C)OC12CC3CC(CC(O)(C3)C1)C2. The minimum Gasteiger partial charge on any atom is -0.390 e. The third kappa shape index (κ3) is 1.91. The lowest BCUT2D eigenvalue weighted by Gasteiger charge is -2.60. The summed E-state index contributed by atoms with van der Waals surface area (Å²) in [5.74, 6) is 1.46. The van der Waals surface area contributed by atoms with Crippen molar-refractivity contribution in [2.24, 2.45) is 11.8 Å². The molecule has 0 aromatic rings. The summed E-state index contributed by atoms with van der Waals surface area (Å²) in [7, 11) is 0. The van der Waals surface area contributed by atoms with Gasteiger partial charge in [0.25, 0.3) is 0 Å². The summed E-state index contributed by atoms with van der Waals surface area (Å²) < 4.78 is 6.16. The van der Waals surface area contributed by atoms with Crippen molar-refractivity contribution in [1.82, 2.24) is 0 Å². The lowest BCUT2D eigenvalue weighted by molar-refractivity contribution is -0.231. The van der Waals surface area contributed by atoms with Gasteiger partial charge in [0.05, 0.1) is 17.3 Å². The van der Waals surface area contributed by atoms with E-state index in [-0.39, 0.29) is 18.6 Å². The quantitative estimate of drug-likeness (QED) is 0.784. The van der Waals surface area contributed by atoms with Crippen LogP contribution in [0.25, 0.3) is 0 Å². The van der Waals surface area contributed by atoms with E-state index in [4.69, 9.17) is 4.74 Å². The summed E-state index contributed by atoms with van der Waals surface area (Å²) in [4.78, 5) is 0. The molecule has 4 aliphatic rings. The van der Waals surface area contributed by atoms with Gasteiger partial charge in [-0.1, -0.05) is 7.43 Å². The molecule has 1 N–H and O–H groups in total. The molecule has 2 unspecified atom stereocenters. The van der Waals surface area contributed by atoms with Crippen LogP contribution in [0.2, 0.25) is 0 Å². The van der Waals surface area contributed by atoms with Gasteiger partial charge in [0.1, 0.15) is 0 Å². The van der Waals surface area contributed by atoms with E-state index in [0.29, 0.717) is 6.10 Å². The minimum atomic E-state index is -0.376. The second-order valence-corrected chi connectivity index (χ2v) is 6.53. The Morgan fingerprint density at radius 1 is 1.12 bits per heavy atom. The predicted molar refractivity (Wildman–Crippen MR) is 65.3 cm³/mol. The van der Waals surface area contributed by atoms with E-state index in [2.05, 4.69) is 13.8 Å². The highest BCUT2D eigenvalue weighted by Crippen LogP contribution is 2.59. The highest BCUT2D eigenvalue weighted by molar-refractivity contribution is 5.10. The molecule has 0 saturated heterocycles. The first-order chi connectivity index (χ1) is 6.99. The summed E-state index contributed by atoms with van der Waals surface area (Å²) in [5.41, 5.74) is -0.341. The van der Waals surface area contributed by atoms with Crippen LogP contribution in [-0.4, -0.2) is 22.4 Å². The van der Waals surface area contributed by atoms with Crippen molar-refractivity contribution < 1.29 is 9.84 Å². The Hall–Kier alpha value is -0.0800. The number of hydrogen-bond donors (Lipinski definition) is 1. The molecule has 4 fully saturated rings. The molecule has 4 bridgehead atoms. The molecule has 0 heterocycles. The lowest BCUT2D eigenvalue weighted by Crippen LogP contribution is -2.60. The van der Waals surface area contributed by atoms with Crippen molar-refractivity contribution in [1.29, 1.82) is 0 Å². The lowest BCUT2D eigenvalue weighted by atomic mass is 9.52. The van der Waals surface area contributed by atoms with Gasteiger partial charge < -0.3 is 9.84 Å². The Morgan fingerprint density at radius 2 is 1.69 bits per heavy atom. The van der Waals surface area contributed by atoms with Crippen LogP contribution < -0.4 is 0 Å². The number of aliphatic hydroxyl groups is 1. The van der Waals surface area contributed by atoms with Gasteiger partial charge in [0.2, 0.25) is 0 Å². The fraction of sp³-hybridized carbons (Fsp3) is 1.00. The van der Waals surface area contributed by atoms with Crippen molar-refractivity contribution in [3.05, 3.63) is 0 Å². The second kappa shape index (κ2) is 3.71. The monoisotopic (exact) mass is 226 g/mol. The zero-order valence-corrected chi connectivity index (χ0v) is 9.83. The molecule has 0 radical (unpaired) electrons. The average molecular weight is 226 g/mol. The first kappa shape index (κ1) is 12.4. The Kier molecular flexibility index (Phi) is 2.87. The molecule has 94 valence electrons. The normalized spacial score (nSPS) is 49.5. The molecule has 2 nitrogen and oxygen atoms in total. The minimum absolute atomic E-state index is 0. The van der Waals surface area contributed by atoms with Gasteiger partial charge in [-0.15, -0.1) is 0 Å². The summed E-state index contributed by atoms with van der Waals surface area (Å²) in [5, 5.41) is 10.5. The van der Waals surface area contributed by atoms with Gasteiger partial charge in [-0.25, -0.2) is 0 Å². The molecule has 0 amide bonds. The van der Waals surface area contributed by atoms with Crippen LogP contribution in [0.15, 0.2) is 0 Å². The maximum absolute atomic E-state index is 10.5. The summed E-state index contributed by atoms with van der Waals surface area (Å²) in [6, 6.07) is 0. The predicted octanol–water partition coefficient (Wildman–Crippen LogP) is 3.13. The van der Waals surface area contributed by atoms with Crippen LogP contribution in [0.5, 0.6) is 0 Å². The molecule has 16 heavy (non-hydrogen) atoms. The van der Waals surface area contributed by atoms with Crippen LogP contribution in [0.3, 0.4) is 0 Å². The first-order valence-electron chi connectivity index (χ1n) is 6.39. The van der Waals surface area contributed by atoms with E-state index < -0.39 is 0 Å². The van der Waals surface area contributed by atoms with Crippen LogP contribution >= 0.6 is 0 Å². The van der Waals surface area contributed by atoms with Gasteiger partial charge in [0.15, 0.2) is 0 Å². The Morgan fingerprint density at radius 3 is 2.12 bits per heavy atom. The highest BCUT2D eigenvalue weighted by Gasteiger charge is 2.58. The van der Waals surface area contributed by atoms with Crippen molar-refractivity contribution >= 4 is 0 Å². The zero-order valence-electron chi connectivity index (χ0n) is 9.83. The van der Waals surface area contributed by atoms with Crippen molar-refractivity contribution in [3.63, 3.8) is 0 Å². The molecular weight excluding hydrogens is 200 g/mol. The maximum atomic E-state index is 10.5. The number of rotatable bonds is 2. The molecule has 0 aromatic carbocycles. The van der Waals surface area contributed by atoms with E-state index in [9.17, 15) is 5.11 Å². The highest BCUT2D eigenvalue weighted by atomic mass is 16.5. The third-order valence-corrected chi connectivity index (χ3v) is 4.46. The molecule has 4 aliphatic carbocycles. The number of hydrogen-bond acceptors (Lipinski definition) is 2. The van der Waals surface area contributed by atoms with Crippen molar-refractivity contribution in [2.45, 2.75) is 77.1 Å². The van der Waals surface area contributed by atoms with Gasteiger partial charge in [-0.3, -0.25) is 0 Å². The van der Waals surface area contributed by atoms with E-state index in [0.717, 1.165) is 31.1 Å². The molecular formula is C14H26O2. The molecule has 4 rings (SSSR count). The van der Waals surface area contributed by atoms with Gasteiger partial charge in [-0.2, -0.15) is 0 Å². The zero-order chi connectivity index (χ0) is 10.7. The van der Waals surface area contributed by atoms with Gasteiger partial charge in [-0.05, 0) is 57.8 Å².